The summed E-state index contributed by atoms with van der Waals surface area (Å²) in [6.45, 7) is 10.0. The van der Waals surface area contributed by atoms with E-state index in [-0.39, 0.29) is 16.7 Å². The maximum Gasteiger partial charge on any atom is 0.496 e. The Bertz CT molecular complexity index is 702. The Labute approximate surface area is 154 Å². The summed E-state index contributed by atoms with van der Waals surface area (Å²) in [5, 5.41) is 9.38. The summed E-state index contributed by atoms with van der Waals surface area (Å²) in [4.78, 5) is 19.8. The van der Waals surface area contributed by atoms with E-state index in [1.165, 1.54) is 0 Å². The van der Waals surface area contributed by atoms with E-state index in [4.69, 9.17) is 9.31 Å². The van der Waals surface area contributed by atoms with Crippen LogP contribution in [0.25, 0.3) is 0 Å². The highest BCUT2D eigenvalue weighted by atomic mass is 16.7. The van der Waals surface area contributed by atoms with Crippen molar-refractivity contribution in [3.63, 3.8) is 0 Å². The van der Waals surface area contributed by atoms with Gasteiger partial charge in [-0.25, -0.2) is 9.78 Å². The molecule has 1 amide bonds. The van der Waals surface area contributed by atoms with Crippen LogP contribution in [-0.4, -0.2) is 64.6 Å². The number of hydrogen-bond acceptors (Lipinski definition) is 5. The van der Waals surface area contributed by atoms with Gasteiger partial charge in [0.1, 0.15) is 5.82 Å². The molecule has 1 aliphatic carbocycles. The third-order valence-electron chi connectivity index (χ3n) is 6.33. The molecule has 26 heavy (non-hydrogen) atoms. The Morgan fingerprint density at radius 2 is 1.81 bits per heavy atom. The number of pyridine rings is 1. The van der Waals surface area contributed by atoms with Crippen molar-refractivity contribution in [1.29, 1.82) is 0 Å². The van der Waals surface area contributed by atoms with E-state index in [1.54, 1.807) is 11.1 Å². The van der Waals surface area contributed by atoms with Gasteiger partial charge in [0.2, 0.25) is 0 Å². The molecule has 140 valence electrons. The summed E-state index contributed by atoms with van der Waals surface area (Å²) < 4.78 is 12.1. The van der Waals surface area contributed by atoms with Crippen molar-refractivity contribution < 1.29 is 19.2 Å². The average Bonchev–Trinajstić information content (AvgIpc) is 3.27. The molecular formula is C18H26BN3O4. The molecule has 1 N–H and O–H groups in total. The number of carbonyl (C=O) groups is 1. The van der Waals surface area contributed by atoms with Crippen LogP contribution in [0.4, 0.5) is 10.6 Å². The largest absolute Gasteiger partial charge is 0.496 e. The van der Waals surface area contributed by atoms with Crippen LogP contribution < -0.4 is 10.4 Å². The molecule has 3 aliphatic rings. The van der Waals surface area contributed by atoms with Gasteiger partial charge in [-0.2, -0.15) is 0 Å². The van der Waals surface area contributed by atoms with Crippen molar-refractivity contribution in [1.82, 2.24) is 9.88 Å². The van der Waals surface area contributed by atoms with Gasteiger partial charge in [0.05, 0.1) is 16.7 Å². The summed E-state index contributed by atoms with van der Waals surface area (Å²) in [5.41, 5.74) is -0.0578. The van der Waals surface area contributed by atoms with Crippen LogP contribution in [0.5, 0.6) is 0 Å². The Morgan fingerprint density at radius 1 is 1.15 bits per heavy atom. The highest BCUT2D eigenvalue weighted by Gasteiger charge is 2.54. The molecule has 1 saturated carbocycles. The van der Waals surface area contributed by atoms with Crippen LogP contribution in [-0.2, 0) is 9.31 Å². The zero-order valence-electron chi connectivity index (χ0n) is 15.9. The van der Waals surface area contributed by atoms with Gasteiger partial charge in [0.15, 0.2) is 0 Å². The minimum atomic E-state index is -0.814. The summed E-state index contributed by atoms with van der Waals surface area (Å²) in [5.74, 6) is 0.876. The van der Waals surface area contributed by atoms with Gasteiger partial charge in [-0.3, -0.25) is 4.90 Å². The first-order valence-corrected chi connectivity index (χ1v) is 9.21. The summed E-state index contributed by atoms with van der Waals surface area (Å²) in [6.07, 6.45) is 2.86. The molecule has 1 spiro atoms. The highest BCUT2D eigenvalue weighted by Crippen LogP contribution is 2.44. The third kappa shape index (κ3) is 2.75. The number of nitrogens with zero attached hydrogens (tertiary/aromatic N) is 3. The van der Waals surface area contributed by atoms with E-state index in [9.17, 15) is 9.90 Å². The number of piperazine rings is 1. The normalized spacial score (nSPS) is 25.6. The number of carboxylic acid groups (broad SMARTS) is 1. The maximum absolute atomic E-state index is 11.4. The molecule has 0 radical (unpaired) electrons. The van der Waals surface area contributed by atoms with E-state index in [1.807, 2.05) is 39.8 Å². The Kier molecular flexibility index (Phi) is 3.79. The van der Waals surface area contributed by atoms with Gasteiger partial charge in [0.25, 0.3) is 0 Å². The van der Waals surface area contributed by atoms with Gasteiger partial charge in [-0.05, 0) is 46.6 Å². The summed E-state index contributed by atoms with van der Waals surface area (Å²) in [7, 11) is -0.416. The average molecular weight is 359 g/mol. The maximum atomic E-state index is 11.4. The van der Waals surface area contributed by atoms with E-state index in [0.717, 1.165) is 24.1 Å². The van der Waals surface area contributed by atoms with Crippen molar-refractivity contribution in [3.05, 3.63) is 18.3 Å². The van der Waals surface area contributed by atoms with E-state index in [2.05, 4.69) is 9.88 Å². The van der Waals surface area contributed by atoms with Gasteiger partial charge in [0, 0.05) is 31.3 Å². The standard InChI is InChI=1S/C18H26BN3O4/c1-16(2)17(3,4)26-19(25-16)13-5-6-14(20-11-13)21-9-10-22(15(23)24)18(12-21)7-8-18/h5-6,11H,7-10,12H2,1-4H3,(H,23,24). The fourth-order valence-corrected chi connectivity index (χ4v) is 3.75. The predicted octanol–water partition coefficient (Wildman–Crippen LogP) is 1.71. The third-order valence-corrected chi connectivity index (χ3v) is 6.33. The van der Waals surface area contributed by atoms with Gasteiger partial charge in [-0.15, -0.1) is 0 Å². The quantitative estimate of drug-likeness (QED) is 0.811. The molecule has 1 aromatic rings. The van der Waals surface area contributed by atoms with Crippen LogP contribution >= 0.6 is 0 Å². The first kappa shape index (κ1) is 17.6. The van der Waals surface area contributed by atoms with Crippen LogP contribution in [0.15, 0.2) is 18.3 Å². The minimum absolute atomic E-state index is 0.212. The number of rotatable bonds is 2. The molecule has 2 aliphatic heterocycles. The molecular weight excluding hydrogens is 333 g/mol. The number of amides is 1. The molecule has 0 unspecified atom stereocenters. The lowest BCUT2D eigenvalue weighted by Crippen LogP contribution is -2.57. The molecule has 3 heterocycles. The fraction of sp³-hybridized carbons (Fsp3) is 0.667. The van der Waals surface area contributed by atoms with Gasteiger partial charge < -0.3 is 19.3 Å². The van der Waals surface area contributed by atoms with Crippen molar-refractivity contribution >= 4 is 24.5 Å². The fourth-order valence-electron chi connectivity index (χ4n) is 3.75. The van der Waals surface area contributed by atoms with Gasteiger partial charge >= 0.3 is 13.2 Å². The van der Waals surface area contributed by atoms with Crippen LogP contribution in [0.2, 0.25) is 0 Å². The molecule has 1 aromatic heterocycles. The zero-order valence-corrected chi connectivity index (χ0v) is 15.9. The topological polar surface area (TPSA) is 75.1 Å². The van der Waals surface area contributed by atoms with Crippen LogP contribution in [0, 0.1) is 0 Å². The lowest BCUT2D eigenvalue weighted by molar-refractivity contribution is 0.00578. The number of hydrogen-bond donors (Lipinski definition) is 1. The molecule has 8 heteroatoms. The van der Waals surface area contributed by atoms with Crippen LogP contribution in [0.3, 0.4) is 0 Å². The van der Waals surface area contributed by atoms with Gasteiger partial charge in [-0.1, -0.05) is 6.07 Å². The zero-order chi connectivity index (χ0) is 18.7. The second kappa shape index (κ2) is 5.60. The second-order valence-corrected chi connectivity index (χ2v) is 8.62. The molecule has 0 atom stereocenters. The van der Waals surface area contributed by atoms with E-state index >= 15 is 0 Å². The first-order valence-electron chi connectivity index (χ1n) is 9.21. The van der Waals surface area contributed by atoms with Crippen molar-refractivity contribution in [2.45, 2.75) is 57.3 Å². The molecule has 3 fully saturated rings. The smallest absolute Gasteiger partial charge is 0.465 e. The Balaban J connectivity index is 1.47. The predicted molar refractivity (Wildman–Crippen MR) is 98.9 cm³/mol. The SMILES string of the molecule is CC1(C)OB(c2ccc(N3CCN(C(=O)O)C4(CC4)C3)nc2)OC1(C)C. The van der Waals surface area contributed by atoms with E-state index in [0.29, 0.717) is 19.6 Å². The highest BCUT2D eigenvalue weighted by molar-refractivity contribution is 6.62. The van der Waals surface area contributed by atoms with Crippen molar-refractivity contribution in [2.24, 2.45) is 0 Å². The van der Waals surface area contributed by atoms with Crippen LogP contribution in [0.1, 0.15) is 40.5 Å². The molecule has 0 aromatic carbocycles. The summed E-state index contributed by atoms with van der Waals surface area (Å²) in [6, 6.07) is 3.97. The molecule has 0 bridgehead atoms. The first-order chi connectivity index (χ1) is 12.1. The van der Waals surface area contributed by atoms with Crippen molar-refractivity contribution in [2.75, 3.05) is 24.5 Å². The Hall–Kier alpha value is -1.80. The number of anilines is 1. The van der Waals surface area contributed by atoms with Crippen molar-refractivity contribution in [3.8, 4) is 0 Å². The Morgan fingerprint density at radius 3 is 2.31 bits per heavy atom. The van der Waals surface area contributed by atoms with E-state index < -0.39 is 13.2 Å². The lowest BCUT2D eigenvalue weighted by atomic mass is 9.80. The minimum Gasteiger partial charge on any atom is -0.465 e. The summed E-state index contributed by atoms with van der Waals surface area (Å²) >= 11 is 0. The lowest BCUT2D eigenvalue weighted by Gasteiger charge is -2.41. The number of aromatic nitrogens is 1. The molecule has 4 rings (SSSR count). The molecule has 2 saturated heterocycles. The second-order valence-electron chi connectivity index (χ2n) is 8.62. The molecule has 7 nitrogen and oxygen atoms in total. The monoisotopic (exact) mass is 359 g/mol.